The average molecular weight is 328 g/mol. The molecule has 0 aliphatic heterocycles. The fraction of sp³-hybridized carbons (Fsp3) is 0.125. The number of rotatable bonds is 3. The molecule has 0 unspecified atom stereocenters. The van der Waals surface area contributed by atoms with Crippen molar-refractivity contribution in [1.82, 2.24) is 9.97 Å². The second-order valence-electron chi connectivity index (χ2n) is 4.66. The lowest BCUT2D eigenvalue weighted by Crippen LogP contribution is -2.08. The van der Waals surface area contributed by atoms with Gasteiger partial charge >= 0.3 is 0 Å². The van der Waals surface area contributed by atoms with Gasteiger partial charge in [-0.1, -0.05) is 46.3 Å². The summed E-state index contributed by atoms with van der Waals surface area (Å²) in [5, 5.41) is 4.47. The molecule has 0 saturated carbocycles. The molecule has 0 spiro atoms. The fourth-order valence-electron chi connectivity index (χ4n) is 2.17. The van der Waals surface area contributed by atoms with Crippen molar-refractivity contribution in [3.05, 3.63) is 64.9 Å². The molecular weight excluding hydrogens is 314 g/mol. The van der Waals surface area contributed by atoms with Crippen LogP contribution < -0.4 is 5.32 Å². The van der Waals surface area contributed by atoms with Crippen LogP contribution in [0.15, 0.2) is 59.3 Å². The molecule has 3 nitrogen and oxygen atoms in total. The van der Waals surface area contributed by atoms with Crippen LogP contribution in [-0.2, 0) is 0 Å². The predicted molar refractivity (Wildman–Crippen MR) is 85.7 cm³/mol. The van der Waals surface area contributed by atoms with Crippen LogP contribution in [0.25, 0.3) is 10.9 Å². The lowest BCUT2D eigenvalue weighted by molar-refractivity contribution is 0.876. The van der Waals surface area contributed by atoms with E-state index in [1.165, 1.54) is 5.56 Å². The molecule has 20 heavy (non-hydrogen) atoms. The molecule has 1 atom stereocenters. The lowest BCUT2D eigenvalue weighted by atomic mass is 10.1. The van der Waals surface area contributed by atoms with E-state index >= 15 is 0 Å². The second kappa shape index (κ2) is 5.59. The van der Waals surface area contributed by atoms with E-state index in [0.717, 1.165) is 21.2 Å². The summed E-state index contributed by atoms with van der Waals surface area (Å²) < 4.78 is 1.02. The third-order valence-electron chi connectivity index (χ3n) is 3.25. The first-order chi connectivity index (χ1) is 9.74. The van der Waals surface area contributed by atoms with E-state index in [1.807, 2.05) is 36.4 Å². The van der Waals surface area contributed by atoms with Gasteiger partial charge in [-0.25, -0.2) is 9.97 Å². The highest BCUT2D eigenvalue weighted by atomic mass is 79.9. The van der Waals surface area contributed by atoms with Crippen molar-refractivity contribution in [2.75, 3.05) is 5.32 Å². The van der Waals surface area contributed by atoms with E-state index < -0.39 is 0 Å². The van der Waals surface area contributed by atoms with Crippen molar-refractivity contribution >= 4 is 32.7 Å². The van der Waals surface area contributed by atoms with Gasteiger partial charge in [0, 0.05) is 15.9 Å². The Hall–Kier alpha value is -1.94. The zero-order valence-electron chi connectivity index (χ0n) is 11.0. The quantitative estimate of drug-likeness (QED) is 0.765. The van der Waals surface area contributed by atoms with E-state index in [4.69, 9.17) is 0 Å². The van der Waals surface area contributed by atoms with Gasteiger partial charge in [0.25, 0.3) is 0 Å². The van der Waals surface area contributed by atoms with Crippen molar-refractivity contribution in [2.45, 2.75) is 13.0 Å². The van der Waals surface area contributed by atoms with Crippen LogP contribution in [0, 0.1) is 0 Å². The second-order valence-corrected chi connectivity index (χ2v) is 5.58. The van der Waals surface area contributed by atoms with Gasteiger partial charge in [0.05, 0.1) is 5.52 Å². The topological polar surface area (TPSA) is 37.8 Å². The molecule has 0 radical (unpaired) electrons. The van der Waals surface area contributed by atoms with Gasteiger partial charge in [-0.15, -0.1) is 0 Å². The van der Waals surface area contributed by atoms with Crippen LogP contribution in [0.2, 0.25) is 0 Å². The summed E-state index contributed by atoms with van der Waals surface area (Å²) >= 11 is 3.49. The number of hydrogen-bond acceptors (Lipinski definition) is 3. The summed E-state index contributed by atoms with van der Waals surface area (Å²) in [6, 6.07) is 16.5. The predicted octanol–water partition coefficient (Wildman–Crippen LogP) is 4.57. The molecule has 4 heteroatoms. The number of nitrogens with one attached hydrogen (secondary N) is 1. The summed E-state index contributed by atoms with van der Waals surface area (Å²) in [4.78, 5) is 8.66. The summed E-state index contributed by atoms with van der Waals surface area (Å²) in [6.07, 6.45) is 1.59. The lowest BCUT2D eigenvalue weighted by Gasteiger charge is -2.16. The standard InChI is InChI=1S/C16H14BrN3/c1-11(12-5-3-2-4-6-12)20-16-14-9-13(17)7-8-15(14)18-10-19-16/h2-11H,1H3,(H,18,19,20)/t11-/m0/s1. The van der Waals surface area contributed by atoms with E-state index in [-0.39, 0.29) is 6.04 Å². The summed E-state index contributed by atoms with van der Waals surface area (Å²) in [5.41, 5.74) is 2.17. The highest BCUT2D eigenvalue weighted by Crippen LogP contribution is 2.26. The number of anilines is 1. The smallest absolute Gasteiger partial charge is 0.137 e. The monoisotopic (exact) mass is 327 g/mol. The molecule has 1 aromatic heterocycles. The molecule has 100 valence electrons. The largest absolute Gasteiger partial charge is 0.363 e. The minimum atomic E-state index is 0.188. The highest BCUT2D eigenvalue weighted by Gasteiger charge is 2.09. The van der Waals surface area contributed by atoms with E-state index in [0.29, 0.717) is 0 Å². The Morgan fingerprint density at radius 3 is 2.65 bits per heavy atom. The van der Waals surface area contributed by atoms with Crippen LogP contribution in [-0.4, -0.2) is 9.97 Å². The van der Waals surface area contributed by atoms with E-state index in [2.05, 4.69) is 50.3 Å². The van der Waals surface area contributed by atoms with Gasteiger partial charge < -0.3 is 5.32 Å². The molecule has 0 fully saturated rings. The summed E-state index contributed by atoms with van der Waals surface area (Å²) in [7, 11) is 0. The molecule has 2 aromatic carbocycles. The fourth-order valence-corrected chi connectivity index (χ4v) is 2.54. The van der Waals surface area contributed by atoms with Crippen molar-refractivity contribution in [1.29, 1.82) is 0 Å². The summed E-state index contributed by atoms with van der Waals surface area (Å²) in [5.74, 6) is 0.854. The number of fused-ring (bicyclic) bond motifs is 1. The molecule has 3 rings (SSSR count). The number of hydrogen-bond donors (Lipinski definition) is 1. The zero-order valence-corrected chi connectivity index (χ0v) is 12.6. The maximum absolute atomic E-state index is 4.37. The Labute approximate surface area is 126 Å². The van der Waals surface area contributed by atoms with Crippen LogP contribution in [0.3, 0.4) is 0 Å². The van der Waals surface area contributed by atoms with Crippen molar-refractivity contribution in [2.24, 2.45) is 0 Å². The average Bonchev–Trinajstić information content (AvgIpc) is 2.49. The Balaban J connectivity index is 1.97. The third-order valence-corrected chi connectivity index (χ3v) is 3.74. The number of benzene rings is 2. The molecule has 0 amide bonds. The van der Waals surface area contributed by atoms with Crippen LogP contribution >= 0.6 is 15.9 Å². The van der Waals surface area contributed by atoms with Gasteiger partial charge in [0.2, 0.25) is 0 Å². The highest BCUT2D eigenvalue weighted by molar-refractivity contribution is 9.10. The first kappa shape index (κ1) is 13.1. The first-order valence-corrected chi connectivity index (χ1v) is 7.25. The molecule has 0 bridgehead atoms. The first-order valence-electron chi connectivity index (χ1n) is 6.46. The number of halogens is 1. The minimum absolute atomic E-state index is 0.188. The van der Waals surface area contributed by atoms with Crippen LogP contribution in [0.4, 0.5) is 5.82 Å². The Morgan fingerprint density at radius 2 is 1.85 bits per heavy atom. The normalized spacial score (nSPS) is 12.3. The third kappa shape index (κ3) is 2.65. The van der Waals surface area contributed by atoms with Gasteiger partial charge in [-0.2, -0.15) is 0 Å². The summed E-state index contributed by atoms with van der Waals surface area (Å²) in [6.45, 7) is 2.13. The Bertz CT molecular complexity index is 728. The molecule has 1 heterocycles. The molecule has 0 aliphatic rings. The van der Waals surface area contributed by atoms with Crippen molar-refractivity contribution in [3.63, 3.8) is 0 Å². The number of nitrogens with zero attached hydrogens (tertiary/aromatic N) is 2. The molecule has 3 aromatic rings. The SMILES string of the molecule is C[C@H](Nc1ncnc2ccc(Br)cc12)c1ccccc1. The van der Waals surface area contributed by atoms with E-state index in [9.17, 15) is 0 Å². The Morgan fingerprint density at radius 1 is 1.05 bits per heavy atom. The van der Waals surface area contributed by atoms with Gasteiger partial charge in [-0.05, 0) is 30.7 Å². The molecule has 1 N–H and O–H groups in total. The van der Waals surface area contributed by atoms with Crippen LogP contribution in [0.1, 0.15) is 18.5 Å². The van der Waals surface area contributed by atoms with Crippen molar-refractivity contribution in [3.8, 4) is 0 Å². The number of aromatic nitrogens is 2. The maximum Gasteiger partial charge on any atom is 0.137 e. The van der Waals surface area contributed by atoms with Gasteiger partial charge in [0.15, 0.2) is 0 Å². The molecular formula is C16H14BrN3. The molecule has 0 saturated heterocycles. The molecule has 0 aliphatic carbocycles. The van der Waals surface area contributed by atoms with E-state index in [1.54, 1.807) is 6.33 Å². The van der Waals surface area contributed by atoms with Crippen LogP contribution in [0.5, 0.6) is 0 Å². The minimum Gasteiger partial charge on any atom is -0.363 e. The maximum atomic E-state index is 4.37. The van der Waals surface area contributed by atoms with Gasteiger partial charge in [0.1, 0.15) is 12.1 Å². The Kier molecular flexibility index (Phi) is 3.65. The van der Waals surface area contributed by atoms with Crippen molar-refractivity contribution < 1.29 is 0 Å². The zero-order chi connectivity index (χ0) is 13.9. The van der Waals surface area contributed by atoms with Gasteiger partial charge in [-0.3, -0.25) is 0 Å².